The number of hydrogen-bond acceptors (Lipinski definition) is 5. The molecule has 0 amide bonds. The van der Waals surface area contributed by atoms with Crippen molar-refractivity contribution < 1.29 is 14.1 Å². The zero-order chi connectivity index (χ0) is 10.1. The third-order valence-corrected chi connectivity index (χ3v) is 1.54. The highest BCUT2D eigenvalue weighted by atomic mass is 16.5. The van der Waals surface area contributed by atoms with Crippen LogP contribution in [0.4, 0.5) is 0 Å². The number of esters is 1. The van der Waals surface area contributed by atoms with Crippen molar-refractivity contribution in [3.8, 4) is 0 Å². The number of carbonyl (C=O) groups is 1. The Morgan fingerprint density at radius 1 is 1.69 bits per heavy atom. The molecule has 5 nitrogen and oxygen atoms in total. The van der Waals surface area contributed by atoms with Gasteiger partial charge in [-0.05, 0) is 13.8 Å². The average Bonchev–Trinajstić information content (AvgIpc) is 2.50. The fourth-order valence-corrected chi connectivity index (χ4v) is 0.780. The lowest BCUT2D eigenvalue weighted by Gasteiger charge is -2.12. The largest absolute Gasteiger partial charge is 0.464 e. The van der Waals surface area contributed by atoms with Crippen molar-refractivity contribution in [3.05, 3.63) is 17.5 Å². The molecule has 1 aromatic heterocycles. The monoisotopic (exact) mass is 184 g/mol. The topological polar surface area (TPSA) is 78.4 Å². The standard InChI is InChI=1S/C8H12N2O3/c1-8(2,9)6-4-5(10-13-6)7(11)12-3/h4H,9H2,1-3H3. The predicted octanol–water partition coefficient (Wildman–Crippen LogP) is 0.655. The second kappa shape index (κ2) is 3.18. The molecule has 0 atom stereocenters. The van der Waals surface area contributed by atoms with Crippen molar-refractivity contribution in [3.63, 3.8) is 0 Å². The summed E-state index contributed by atoms with van der Waals surface area (Å²) >= 11 is 0. The number of nitrogens with zero attached hydrogens (tertiary/aromatic N) is 1. The number of ether oxygens (including phenoxy) is 1. The quantitative estimate of drug-likeness (QED) is 0.683. The number of hydrogen-bond donors (Lipinski definition) is 1. The van der Waals surface area contributed by atoms with Crippen molar-refractivity contribution in [1.82, 2.24) is 5.16 Å². The van der Waals surface area contributed by atoms with E-state index in [0.29, 0.717) is 5.76 Å². The lowest BCUT2D eigenvalue weighted by molar-refractivity contribution is 0.0589. The van der Waals surface area contributed by atoms with E-state index in [1.54, 1.807) is 13.8 Å². The summed E-state index contributed by atoms with van der Waals surface area (Å²) in [5.74, 6) is -0.0767. The summed E-state index contributed by atoms with van der Waals surface area (Å²) in [4.78, 5) is 11.0. The first-order valence-corrected chi connectivity index (χ1v) is 3.79. The third-order valence-electron chi connectivity index (χ3n) is 1.54. The Morgan fingerprint density at radius 3 is 2.69 bits per heavy atom. The van der Waals surface area contributed by atoms with Crippen LogP contribution in [0.3, 0.4) is 0 Å². The van der Waals surface area contributed by atoms with Gasteiger partial charge >= 0.3 is 5.97 Å². The molecule has 0 bridgehead atoms. The van der Waals surface area contributed by atoms with Crippen LogP contribution in [0.15, 0.2) is 10.6 Å². The molecule has 0 radical (unpaired) electrons. The lowest BCUT2D eigenvalue weighted by Crippen LogP contribution is -2.27. The number of rotatable bonds is 2. The zero-order valence-corrected chi connectivity index (χ0v) is 7.83. The van der Waals surface area contributed by atoms with Gasteiger partial charge in [-0.2, -0.15) is 0 Å². The van der Waals surface area contributed by atoms with Crippen molar-refractivity contribution in [2.75, 3.05) is 7.11 Å². The molecule has 0 unspecified atom stereocenters. The number of aromatic nitrogens is 1. The number of nitrogens with two attached hydrogens (primary N) is 1. The maximum atomic E-state index is 11.0. The van der Waals surface area contributed by atoms with Crippen LogP contribution in [0.1, 0.15) is 30.1 Å². The van der Waals surface area contributed by atoms with Gasteiger partial charge in [0, 0.05) is 6.07 Å². The van der Waals surface area contributed by atoms with Crippen molar-refractivity contribution in [1.29, 1.82) is 0 Å². The van der Waals surface area contributed by atoms with Gasteiger partial charge in [0.2, 0.25) is 0 Å². The van der Waals surface area contributed by atoms with Gasteiger partial charge in [-0.3, -0.25) is 0 Å². The van der Waals surface area contributed by atoms with Gasteiger partial charge in [0.1, 0.15) is 0 Å². The first kappa shape index (κ1) is 9.73. The van der Waals surface area contributed by atoms with Gasteiger partial charge in [-0.15, -0.1) is 0 Å². The molecule has 0 aliphatic carbocycles. The van der Waals surface area contributed by atoms with Crippen LogP contribution in [0.25, 0.3) is 0 Å². The second-order valence-corrected chi connectivity index (χ2v) is 3.29. The summed E-state index contributed by atoms with van der Waals surface area (Å²) in [6, 6.07) is 1.48. The van der Waals surface area contributed by atoms with E-state index in [0.717, 1.165) is 0 Å². The molecule has 13 heavy (non-hydrogen) atoms. The molecule has 2 N–H and O–H groups in total. The Hall–Kier alpha value is -1.36. The Kier molecular flexibility index (Phi) is 2.38. The lowest BCUT2D eigenvalue weighted by atomic mass is 10.0. The van der Waals surface area contributed by atoms with Gasteiger partial charge in [-0.1, -0.05) is 5.16 Å². The van der Waals surface area contributed by atoms with Gasteiger partial charge in [0.15, 0.2) is 11.5 Å². The van der Waals surface area contributed by atoms with Crippen LogP contribution >= 0.6 is 0 Å². The fraction of sp³-hybridized carbons (Fsp3) is 0.500. The van der Waals surface area contributed by atoms with E-state index in [1.165, 1.54) is 13.2 Å². The van der Waals surface area contributed by atoms with Crippen LogP contribution < -0.4 is 5.73 Å². The highest BCUT2D eigenvalue weighted by Crippen LogP contribution is 2.17. The Morgan fingerprint density at radius 2 is 2.31 bits per heavy atom. The minimum atomic E-state index is -0.640. The third kappa shape index (κ3) is 2.06. The van der Waals surface area contributed by atoms with Crippen molar-refractivity contribution >= 4 is 5.97 Å². The molecular weight excluding hydrogens is 172 g/mol. The molecule has 0 aliphatic rings. The zero-order valence-electron chi connectivity index (χ0n) is 7.83. The minimum Gasteiger partial charge on any atom is -0.464 e. The van der Waals surface area contributed by atoms with E-state index >= 15 is 0 Å². The van der Waals surface area contributed by atoms with Crippen LogP contribution in [-0.2, 0) is 10.3 Å². The first-order valence-electron chi connectivity index (χ1n) is 3.79. The molecule has 1 rings (SSSR count). The maximum Gasteiger partial charge on any atom is 0.360 e. The summed E-state index contributed by atoms with van der Waals surface area (Å²) in [5.41, 5.74) is 5.22. The molecule has 0 saturated heterocycles. The van der Waals surface area contributed by atoms with E-state index < -0.39 is 11.5 Å². The molecule has 72 valence electrons. The Labute approximate surface area is 75.8 Å². The Balaban J connectivity index is 2.93. The number of methoxy groups -OCH3 is 1. The van der Waals surface area contributed by atoms with Crippen LogP contribution in [0.2, 0.25) is 0 Å². The molecule has 0 spiro atoms. The normalized spacial score (nSPS) is 11.4. The van der Waals surface area contributed by atoms with E-state index in [1.807, 2.05) is 0 Å². The minimum absolute atomic E-state index is 0.135. The van der Waals surface area contributed by atoms with Crippen molar-refractivity contribution in [2.45, 2.75) is 19.4 Å². The molecule has 1 heterocycles. The number of carbonyl (C=O) groups excluding carboxylic acids is 1. The summed E-state index contributed by atoms with van der Waals surface area (Å²) in [5, 5.41) is 3.52. The summed E-state index contributed by atoms with van der Waals surface area (Å²) < 4.78 is 9.34. The molecular formula is C8H12N2O3. The van der Waals surface area contributed by atoms with Crippen LogP contribution in [0.5, 0.6) is 0 Å². The van der Waals surface area contributed by atoms with Gasteiger partial charge < -0.3 is 15.0 Å². The first-order chi connectivity index (χ1) is 5.95. The van der Waals surface area contributed by atoms with E-state index in [2.05, 4.69) is 9.89 Å². The van der Waals surface area contributed by atoms with Crippen molar-refractivity contribution in [2.24, 2.45) is 5.73 Å². The summed E-state index contributed by atoms with van der Waals surface area (Å²) in [6.45, 7) is 3.52. The smallest absolute Gasteiger partial charge is 0.360 e. The fourth-order valence-electron chi connectivity index (χ4n) is 0.780. The molecule has 5 heteroatoms. The maximum absolute atomic E-state index is 11.0. The second-order valence-electron chi connectivity index (χ2n) is 3.29. The molecule has 1 aromatic rings. The van der Waals surface area contributed by atoms with Crippen LogP contribution in [0, 0.1) is 0 Å². The SMILES string of the molecule is COC(=O)c1cc(C(C)(C)N)on1. The van der Waals surface area contributed by atoms with Gasteiger partial charge in [0.05, 0.1) is 12.6 Å². The molecule has 0 aliphatic heterocycles. The highest BCUT2D eigenvalue weighted by molar-refractivity contribution is 5.86. The molecule has 0 fully saturated rings. The van der Waals surface area contributed by atoms with E-state index in [-0.39, 0.29) is 5.69 Å². The average molecular weight is 184 g/mol. The molecule has 0 saturated carbocycles. The van der Waals surface area contributed by atoms with Gasteiger partial charge in [-0.25, -0.2) is 4.79 Å². The van der Waals surface area contributed by atoms with E-state index in [9.17, 15) is 4.79 Å². The predicted molar refractivity (Wildman–Crippen MR) is 45.1 cm³/mol. The van der Waals surface area contributed by atoms with Crippen LogP contribution in [-0.4, -0.2) is 18.2 Å². The Bertz CT molecular complexity index is 311. The van der Waals surface area contributed by atoms with Gasteiger partial charge in [0.25, 0.3) is 0 Å². The highest BCUT2D eigenvalue weighted by Gasteiger charge is 2.22. The molecule has 0 aromatic carbocycles. The summed E-state index contributed by atoms with van der Waals surface area (Å²) in [6.07, 6.45) is 0. The summed E-state index contributed by atoms with van der Waals surface area (Å²) in [7, 11) is 1.28. The van der Waals surface area contributed by atoms with E-state index in [4.69, 9.17) is 10.3 Å².